The molecule has 5 atom stereocenters. The molecule has 1 aromatic carbocycles. The summed E-state index contributed by atoms with van der Waals surface area (Å²) in [4.78, 5) is 34.3. The summed E-state index contributed by atoms with van der Waals surface area (Å²) >= 11 is 0. The van der Waals surface area contributed by atoms with Gasteiger partial charge in [0, 0.05) is 17.9 Å². The Morgan fingerprint density at radius 2 is 1.74 bits per heavy atom. The molecule has 0 bridgehead atoms. The SMILES string of the molecule is Cc1cc(=O)oc2cc([C@](O)(CC(=O)C(=O)[O-])[C@@H](O)[C@@H](O)[C@H](O)[C@@H](O)CO)ccc12.[Na+]. The number of carboxylic acids is 1. The maximum Gasteiger partial charge on any atom is 1.00 e. The molecule has 1 aromatic heterocycles. The number of carbonyl (C=O) groups excluding carboxylic acids is 2. The van der Waals surface area contributed by atoms with Crippen LogP contribution in [0.1, 0.15) is 17.5 Å². The summed E-state index contributed by atoms with van der Waals surface area (Å²) in [6.07, 6.45) is -10.1. The Morgan fingerprint density at radius 1 is 1.13 bits per heavy atom. The predicted molar refractivity (Wildman–Crippen MR) is 96.9 cm³/mol. The maximum absolute atomic E-state index is 11.8. The van der Waals surface area contributed by atoms with Crippen molar-refractivity contribution in [2.75, 3.05) is 6.61 Å². The summed E-state index contributed by atoms with van der Waals surface area (Å²) in [5.41, 5.74) is -3.40. The molecule has 0 aliphatic carbocycles. The second kappa shape index (κ2) is 10.8. The molecule has 12 heteroatoms. The molecule has 2 rings (SSSR count). The molecular weight excluding hydrogens is 427 g/mol. The van der Waals surface area contributed by atoms with E-state index in [2.05, 4.69) is 0 Å². The summed E-state index contributed by atoms with van der Waals surface area (Å²) in [7, 11) is 0. The molecule has 0 amide bonds. The summed E-state index contributed by atoms with van der Waals surface area (Å²) < 4.78 is 5.03. The van der Waals surface area contributed by atoms with Gasteiger partial charge in [-0.1, -0.05) is 12.1 Å². The number of aliphatic hydroxyl groups excluding tert-OH is 5. The average Bonchev–Trinajstić information content (AvgIpc) is 2.70. The minimum absolute atomic E-state index is 0. The number of aryl methyl sites for hydroxylation is 1. The molecule has 0 saturated carbocycles. The zero-order valence-corrected chi connectivity index (χ0v) is 18.8. The van der Waals surface area contributed by atoms with Crippen LogP contribution < -0.4 is 40.3 Å². The van der Waals surface area contributed by atoms with Crippen LogP contribution in [0, 0.1) is 6.92 Å². The first-order valence-electron chi connectivity index (χ1n) is 8.77. The fourth-order valence-electron chi connectivity index (χ4n) is 3.09. The third kappa shape index (κ3) is 5.77. The molecule has 2 aromatic rings. The number of Topliss-reactive ketones (excluding diaryl/α,β-unsaturated/α-hetero) is 1. The van der Waals surface area contributed by atoms with Crippen molar-refractivity contribution < 1.29 is 79.3 Å². The van der Waals surface area contributed by atoms with Gasteiger partial charge in [-0.15, -0.1) is 0 Å². The smallest absolute Gasteiger partial charge is 0.542 e. The Labute approximate surface area is 197 Å². The van der Waals surface area contributed by atoms with E-state index in [1.54, 1.807) is 6.92 Å². The van der Waals surface area contributed by atoms with Crippen LogP contribution >= 0.6 is 0 Å². The van der Waals surface area contributed by atoms with Gasteiger partial charge in [-0.05, 0) is 24.1 Å². The summed E-state index contributed by atoms with van der Waals surface area (Å²) in [5, 5.41) is 71.3. The van der Waals surface area contributed by atoms with Crippen molar-refractivity contribution in [1.29, 1.82) is 0 Å². The molecular formula is C19H21NaO11. The number of carboxylic acid groups (broad SMARTS) is 1. The van der Waals surface area contributed by atoms with Crippen LogP contribution in [0.5, 0.6) is 0 Å². The van der Waals surface area contributed by atoms with Gasteiger partial charge in [-0.25, -0.2) is 4.79 Å². The molecule has 0 aliphatic rings. The van der Waals surface area contributed by atoms with E-state index in [9.17, 15) is 45.0 Å². The van der Waals surface area contributed by atoms with E-state index >= 15 is 0 Å². The minimum atomic E-state index is -2.80. The number of fused-ring (bicyclic) bond motifs is 1. The summed E-state index contributed by atoms with van der Waals surface area (Å²) in [6.45, 7) is 0.609. The fraction of sp³-hybridized carbons (Fsp3) is 0.421. The Bertz CT molecular complexity index is 1000. The van der Waals surface area contributed by atoms with E-state index in [1.807, 2.05) is 0 Å². The van der Waals surface area contributed by atoms with E-state index in [-0.39, 0.29) is 40.7 Å². The van der Waals surface area contributed by atoms with Crippen molar-refractivity contribution in [3.63, 3.8) is 0 Å². The number of aliphatic hydroxyl groups is 6. The maximum atomic E-state index is 11.8. The van der Waals surface area contributed by atoms with Crippen LogP contribution in [-0.2, 0) is 15.2 Å². The third-order valence-electron chi connectivity index (χ3n) is 4.85. The Kier molecular flexibility index (Phi) is 9.50. The van der Waals surface area contributed by atoms with Gasteiger partial charge in [-0.3, -0.25) is 4.79 Å². The number of carbonyl (C=O) groups is 2. The molecule has 0 fully saturated rings. The van der Waals surface area contributed by atoms with Crippen molar-refractivity contribution in [2.45, 2.75) is 43.4 Å². The van der Waals surface area contributed by atoms with E-state index in [1.165, 1.54) is 18.2 Å². The van der Waals surface area contributed by atoms with Crippen molar-refractivity contribution >= 4 is 22.7 Å². The molecule has 164 valence electrons. The summed E-state index contributed by atoms with van der Waals surface area (Å²) in [5.74, 6) is -3.80. The van der Waals surface area contributed by atoms with E-state index in [4.69, 9.17) is 9.52 Å². The Morgan fingerprint density at radius 3 is 2.29 bits per heavy atom. The topological polar surface area (TPSA) is 209 Å². The van der Waals surface area contributed by atoms with Crippen molar-refractivity contribution in [3.8, 4) is 0 Å². The second-order valence-corrected chi connectivity index (χ2v) is 6.95. The van der Waals surface area contributed by atoms with E-state index in [0.29, 0.717) is 10.9 Å². The normalized spacial score (nSPS) is 17.1. The zero-order valence-electron chi connectivity index (χ0n) is 16.8. The second-order valence-electron chi connectivity index (χ2n) is 6.95. The van der Waals surface area contributed by atoms with Gasteiger partial charge in [0.05, 0.1) is 6.61 Å². The zero-order chi connectivity index (χ0) is 22.8. The van der Waals surface area contributed by atoms with Crippen molar-refractivity contribution in [3.05, 3.63) is 45.8 Å². The largest absolute Gasteiger partial charge is 1.00 e. The van der Waals surface area contributed by atoms with Crippen LogP contribution in [0.3, 0.4) is 0 Å². The number of aliphatic carboxylic acids is 1. The standard InChI is InChI=1S/C19H22O11.Na/c1-8-4-14(23)30-13-5-9(2-3-10(8)13)19(29,6-11(21)18(27)28)17(26)16(25)15(24)12(22)7-20;/h2-5,12,15-17,20,22,24-26,29H,6-7H2,1H3,(H,27,28);/q;+1/p-1/t12-,15+,16-,17-,19+;/m0./s1. The van der Waals surface area contributed by atoms with Crippen LogP contribution in [0.25, 0.3) is 11.0 Å². The molecule has 31 heavy (non-hydrogen) atoms. The van der Waals surface area contributed by atoms with Crippen LogP contribution in [0.4, 0.5) is 0 Å². The Balaban J connectivity index is 0.00000480. The number of benzene rings is 1. The summed E-state index contributed by atoms with van der Waals surface area (Å²) in [6, 6.07) is 4.84. The van der Waals surface area contributed by atoms with Crippen molar-refractivity contribution in [2.24, 2.45) is 0 Å². The number of rotatable bonds is 9. The van der Waals surface area contributed by atoms with E-state index < -0.39 is 60.4 Å². The van der Waals surface area contributed by atoms with Gasteiger partial charge in [0.25, 0.3) is 0 Å². The molecule has 11 nitrogen and oxygen atoms in total. The molecule has 0 unspecified atom stereocenters. The minimum Gasteiger partial charge on any atom is -0.542 e. The number of hydrogen-bond acceptors (Lipinski definition) is 11. The monoisotopic (exact) mass is 448 g/mol. The molecule has 0 saturated heterocycles. The van der Waals surface area contributed by atoms with Gasteiger partial charge in [0.15, 0.2) is 5.78 Å². The number of hydrogen-bond donors (Lipinski definition) is 6. The molecule has 0 aliphatic heterocycles. The van der Waals surface area contributed by atoms with Crippen LogP contribution in [0.15, 0.2) is 33.5 Å². The third-order valence-corrected chi connectivity index (χ3v) is 4.85. The first kappa shape index (κ1) is 27.4. The first-order chi connectivity index (χ1) is 13.9. The predicted octanol–water partition coefficient (Wildman–Crippen LogP) is -6.56. The number of ketones is 1. The van der Waals surface area contributed by atoms with Crippen molar-refractivity contribution in [1.82, 2.24) is 0 Å². The molecule has 1 heterocycles. The van der Waals surface area contributed by atoms with Gasteiger partial charge < -0.3 is 45.0 Å². The first-order valence-corrected chi connectivity index (χ1v) is 8.77. The van der Waals surface area contributed by atoms with Crippen LogP contribution in [-0.4, -0.2) is 73.4 Å². The molecule has 6 N–H and O–H groups in total. The van der Waals surface area contributed by atoms with Crippen LogP contribution in [0.2, 0.25) is 0 Å². The quantitative estimate of drug-likeness (QED) is 0.121. The van der Waals surface area contributed by atoms with E-state index in [0.717, 1.165) is 6.07 Å². The van der Waals surface area contributed by atoms with Gasteiger partial charge in [-0.2, -0.15) is 0 Å². The van der Waals surface area contributed by atoms with Gasteiger partial charge in [0.2, 0.25) is 0 Å². The Hall–Kier alpha value is -1.67. The fourth-order valence-corrected chi connectivity index (χ4v) is 3.09. The molecule has 0 radical (unpaired) electrons. The van der Waals surface area contributed by atoms with Gasteiger partial charge in [0.1, 0.15) is 41.6 Å². The van der Waals surface area contributed by atoms with Gasteiger partial charge >= 0.3 is 35.2 Å². The average molecular weight is 448 g/mol. The molecule has 0 spiro atoms.